The van der Waals surface area contributed by atoms with Crippen LogP contribution in [0.25, 0.3) is 0 Å². The molecular weight excluding hydrogens is 437 g/mol. The maximum Gasteiger partial charge on any atom is 0.418 e. The van der Waals surface area contributed by atoms with Crippen LogP contribution in [0.2, 0.25) is 0 Å². The first kappa shape index (κ1) is 21.4. The quantitative estimate of drug-likeness (QED) is 0.669. The molecule has 2 aliphatic rings. The Morgan fingerprint density at radius 2 is 2.13 bits per heavy atom. The van der Waals surface area contributed by atoms with Crippen LogP contribution in [0.15, 0.2) is 34.7 Å². The number of benzene rings is 1. The summed E-state index contributed by atoms with van der Waals surface area (Å²) in [6.07, 6.45) is 0.700. The smallest absolute Gasteiger partial charge is 0.383 e. The molecule has 0 radical (unpaired) electrons. The van der Waals surface area contributed by atoms with Gasteiger partial charge in [0.25, 0.3) is 10.0 Å². The van der Waals surface area contributed by atoms with E-state index in [9.17, 15) is 21.6 Å². The third-order valence-corrected chi connectivity index (χ3v) is 8.23. The van der Waals surface area contributed by atoms with E-state index in [4.69, 9.17) is 0 Å². The van der Waals surface area contributed by atoms with Crippen LogP contribution in [0.5, 0.6) is 0 Å². The highest BCUT2D eigenvalue weighted by molar-refractivity contribution is 7.93. The van der Waals surface area contributed by atoms with Gasteiger partial charge in [0.15, 0.2) is 5.13 Å². The van der Waals surface area contributed by atoms with Gasteiger partial charge in [0.1, 0.15) is 0 Å². The van der Waals surface area contributed by atoms with Crippen LogP contribution in [0.1, 0.15) is 38.2 Å². The Bertz CT molecular complexity index is 1010. The molecule has 30 heavy (non-hydrogen) atoms. The number of halogens is 3. The summed E-state index contributed by atoms with van der Waals surface area (Å²) < 4.78 is 68.5. The van der Waals surface area contributed by atoms with Crippen molar-refractivity contribution >= 4 is 32.2 Å². The number of rotatable bonds is 6. The lowest BCUT2D eigenvalue weighted by Crippen LogP contribution is -2.46. The van der Waals surface area contributed by atoms with E-state index >= 15 is 0 Å². The SMILES string of the molecule is C[C@@H]1CC[C@]2(CNc3ccc(S(=O)(=O)Nc4nccs4)cc3C(F)(F)F)CCCN12. The molecule has 1 aromatic heterocycles. The van der Waals surface area contributed by atoms with Gasteiger partial charge in [-0.1, -0.05) is 0 Å². The molecule has 2 N–H and O–H groups in total. The van der Waals surface area contributed by atoms with E-state index in [1.54, 1.807) is 5.38 Å². The third kappa shape index (κ3) is 4.02. The van der Waals surface area contributed by atoms with Crippen LogP contribution < -0.4 is 10.0 Å². The first-order valence-corrected chi connectivity index (χ1v) is 12.1. The topological polar surface area (TPSA) is 74.3 Å². The maximum absolute atomic E-state index is 13.7. The van der Waals surface area contributed by atoms with Crippen LogP contribution in [-0.4, -0.2) is 43.0 Å². The van der Waals surface area contributed by atoms with Crippen molar-refractivity contribution in [3.63, 3.8) is 0 Å². The molecule has 3 heterocycles. The Balaban J connectivity index is 1.59. The molecule has 1 aromatic carbocycles. The highest BCUT2D eigenvalue weighted by atomic mass is 32.2. The van der Waals surface area contributed by atoms with Gasteiger partial charge in [-0.25, -0.2) is 13.4 Å². The minimum absolute atomic E-state index is 0.0986. The van der Waals surface area contributed by atoms with Crippen molar-refractivity contribution < 1.29 is 21.6 Å². The zero-order valence-electron chi connectivity index (χ0n) is 16.4. The summed E-state index contributed by atoms with van der Waals surface area (Å²) in [5, 5.41) is 4.65. The number of nitrogens with zero attached hydrogens (tertiary/aromatic N) is 2. The fourth-order valence-corrected chi connectivity index (χ4v) is 6.43. The van der Waals surface area contributed by atoms with Gasteiger partial charge in [-0.15, -0.1) is 11.3 Å². The standard InChI is InChI=1S/C19H23F3N4O2S2/c1-13-5-7-18(6-2-9-26(13)18)12-24-16-4-3-14(11-15(16)19(20,21)22)30(27,28)25-17-23-8-10-29-17/h3-4,8,10-11,13,24H,2,5-7,9,12H2,1H3,(H,23,25)/t13-,18+/m1/s1. The normalized spacial score (nSPS) is 24.7. The summed E-state index contributed by atoms with van der Waals surface area (Å²) in [6, 6.07) is 3.50. The second-order valence-corrected chi connectivity index (χ2v) is 10.5. The molecule has 0 spiro atoms. The summed E-state index contributed by atoms with van der Waals surface area (Å²) in [7, 11) is -4.17. The predicted octanol–water partition coefficient (Wildman–Crippen LogP) is 4.39. The Labute approximate surface area is 177 Å². The molecule has 0 saturated carbocycles. The molecular formula is C19H23F3N4O2S2. The van der Waals surface area contributed by atoms with Crippen LogP contribution in [0, 0.1) is 0 Å². The summed E-state index contributed by atoms with van der Waals surface area (Å²) in [6.45, 7) is 3.53. The molecule has 0 unspecified atom stereocenters. The molecule has 11 heteroatoms. The molecule has 0 amide bonds. The Kier molecular flexibility index (Phi) is 5.48. The first-order chi connectivity index (χ1) is 14.1. The second kappa shape index (κ2) is 7.69. The number of nitrogens with one attached hydrogen (secondary N) is 2. The predicted molar refractivity (Wildman–Crippen MR) is 110 cm³/mol. The highest BCUT2D eigenvalue weighted by Crippen LogP contribution is 2.43. The van der Waals surface area contributed by atoms with Crippen molar-refractivity contribution in [2.75, 3.05) is 23.1 Å². The van der Waals surface area contributed by atoms with Gasteiger partial charge in [0, 0.05) is 35.4 Å². The second-order valence-electron chi connectivity index (χ2n) is 7.91. The first-order valence-electron chi connectivity index (χ1n) is 9.75. The fourth-order valence-electron chi connectivity index (χ4n) is 4.61. The molecule has 164 valence electrons. The summed E-state index contributed by atoms with van der Waals surface area (Å²) in [5.41, 5.74) is -1.22. The van der Waals surface area contributed by atoms with Crippen LogP contribution in [-0.2, 0) is 16.2 Å². The van der Waals surface area contributed by atoms with E-state index < -0.39 is 26.7 Å². The zero-order chi connectivity index (χ0) is 21.6. The van der Waals surface area contributed by atoms with E-state index in [1.165, 1.54) is 18.3 Å². The van der Waals surface area contributed by atoms with Crippen molar-refractivity contribution in [2.45, 2.75) is 55.3 Å². The van der Waals surface area contributed by atoms with Gasteiger partial charge in [-0.2, -0.15) is 13.2 Å². The minimum Gasteiger partial charge on any atom is -0.383 e. The van der Waals surface area contributed by atoms with Gasteiger partial charge >= 0.3 is 6.18 Å². The molecule has 2 aliphatic heterocycles. The average molecular weight is 461 g/mol. The maximum atomic E-state index is 13.7. The number of aromatic nitrogens is 1. The van der Waals surface area contributed by atoms with Crippen LogP contribution in [0.4, 0.5) is 24.0 Å². The lowest BCUT2D eigenvalue weighted by Gasteiger charge is -2.35. The monoisotopic (exact) mass is 460 g/mol. The van der Waals surface area contributed by atoms with E-state index in [1.807, 2.05) is 0 Å². The number of hydrogen-bond acceptors (Lipinski definition) is 6. The van der Waals surface area contributed by atoms with Crippen molar-refractivity contribution in [1.29, 1.82) is 0 Å². The number of hydrogen-bond donors (Lipinski definition) is 2. The largest absolute Gasteiger partial charge is 0.418 e. The molecule has 2 atom stereocenters. The van der Waals surface area contributed by atoms with E-state index in [2.05, 4.69) is 26.8 Å². The Morgan fingerprint density at radius 1 is 1.33 bits per heavy atom. The molecule has 2 fully saturated rings. The zero-order valence-corrected chi connectivity index (χ0v) is 18.0. The van der Waals surface area contributed by atoms with Crippen molar-refractivity contribution in [2.24, 2.45) is 0 Å². The molecule has 2 saturated heterocycles. The lowest BCUT2D eigenvalue weighted by atomic mass is 9.93. The summed E-state index contributed by atoms with van der Waals surface area (Å²) >= 11 is 1.05. The van der Waals surface area contributed by atoms with Crippen LogP contribution >= 0.6 is 11.3 Å². The summed E-state index contributed by atoms with van der Waals surface area (Å²) in [4.78, 5) is 5.75. The molecule has 6 nitrogen and oxygen atoms in total. The van der Waals surface area contributed by atoms with Gasteiger partial charge in [0.05, 0.1) is 10.5 Å². The minimum atomic E-state index is -4.69. The van der Waals surface area contributed by atoms with E-state index in [-0.39, 0.29) is 16.4 Å². The van der Waals surface area contributed by atoms with Gasteiger partial charge in [0.2, 0.25) is 0 Å². The van der Waals surface area contributed by atoms with E-state index in [0.29, 0.717) is 18.7 Å². The van der Waals surface area contributed by atoms with E-state index in [0.717, 1.165) is 43.6 Å². The fraction of sp³-hybridized carbons (Fsp3) is 0.526. The molecule has 0 bridgehead atoms. The number of sulfonamides is 1. The Hall–Kier alpha value is -1.85. The lowest BCUT2D eigenvalue weighted by molar-refractivity contribution is -0.137. The number of fused-ring (bicyclic) bond motifs is 1. The van der Waals surface area contributed by atoms with Crippen LogP contribution in [0.3, 0.4) is 0 Å². The van der Waals surface area contributed by atoms with Crippen molar-refractivity contribution in [3.05, 3.63) is 35.3 Å². The molecule has 0 aliphatic carbocycles. The van der Waals surface area contributed by atoms with Gasteiger partial charge < -0.3 is 5.32 Å². The third-order valence-electron chi connectivity index (χ3n) is 6.08. The van der Waals surface area contributed by atoms with Crippen molar-refractivity contribution in [1.82, 2.24) is 9.88 Å². The average Bonchev–Trinajstić information content (AvgIpc) is 3.38. The highest BCUT2D eigenvalue weighted by Gasteiger charge is 2.47. The molecule has 4 rings (SSSR count). The van der Waals surface area contributed by atoms with Gasteiger partial charge in [-0.05, 0) is 57.4 Å². The molecule has 2 aromatic rings. The van der Waals surface area contributed by atoms with Gasteiger partial charge in [-0.3, -0.25) is 9.62 Å². The number of thiazole rings is 1. The summed E-state index contributed by atoms with van der Waals surface area (Å²) in [5.74, 6) is 0. The van der Waals surface area contributed by atoms with Crippen molar-refractivity contribution in [3.8, 4) is 0 Å². The number of anilines is 2. The Morgan fingerprint density at radius 3 is 2.83 bits per heavy atom. The number of alkyl halides is 3.